The van der Waals surface area contributed by atoms with Gasteiger partial charge >= 0.3 is 6.61 Å². The molecule has 0 spiro atoms. The van der Waals surface area contributed by atoms with Crippen molar-refractivity contribution in [1.82, 2.24) is 0 Å². The number of hydrogen-bond acceptors (Lipinski definition) is 3. The Bertz CT molecular complexity index is 568. The summed E-state index contributed by atoms with van der Waals surface area (Å²) in [7, 11) is 1.57. The Morgan fingerprint density at radius 2 is 1.70 bits per heavy atom. The van der Waals surface area contributed by atoms with Crippen molar-refractivity contribution in [3.8, 4) is 22.6 Å². The van der Waals surface area contributed by atoms with Crippen LogP contribution in [0.1, 0.15) is 5.56 Å². The van der Waals surface area contributed by atoms with Gasteiger partial charge < -0.3 is 14.6 Å². The van der Waals surface area contributed by atoms with E-state index in [9.17, 15) is 8.78 Å². The van der Waals surface area contributed by atoms with Gasteiger partial charge in [-0.15, -0.1) is 0 Å². The summed E-state index contributed by atoms with van der Waals surface area (Å²) in [6.45, 7) is -3.28. The van der Waals surface area contributed by atoms with Gasteiger partial charge in [-0.3, -0.25) is 0 Å². The van der Waals surface area contributed by atoms with E-state index in [1.54, 1.807) is 31.4 Å². The molecule has 0 radical (unpaired) electrons. The van der Waals surface area contributed by atoms with Crippen LogP contribution in [0.25, 0.3) is 11.1 Å². The van der Waals surface area contributed by atoms with Crippen LogP contribution >= 0.6 is 0 Å². The molecule has 3 nitrogen and oxygen atoms in total. The highest BCUT2D eigenvalue weighted by Gasteiger charge is 2.11. The highest BCUT2D eigenvalue weighted by Crippen LogP contribution is 2.29. The molecule has 1 N–H and O–H groups in total. The van der Waals surface area contributed by atoms with Crippen molar-refractivity contribution in [2.75, 3.05) is 7.11 Å². The number of benzene rings is 2. The third-order valence-corrected chi connectivity index (χ3v) is 2.88. The normalized spacial score (nSPS) is 10.7. The molecule has 0 aliphatic heterocycles. The van der Waals surface area contributed by atoms with Crippen LogP contribution in [-0.4, -0.2) is 18.8 Å². The lowest BCUT2D eigenvalue weighted by atomic mass is 10.0. The topological polar surface area (TPSA) is 38.7 Å². The molecular weight excluding hydrogens is 266 g/mol. The Labute approximate surface area is 115 Å². The van der Waals surface area contributed by atoms with Gasteiger partial charge in [-0.05, 0) is 29.3 Å². The Kier molecular flexibility index (Phi) is 4.53. The van der Waals surface area contributed by atoms with Crippen molar-refractivity contribution >= 4 is 0 Å². The van der Waals surface area contributed by atoms with Gasteiger partial charge in [-0.2, -0.15) is 8.78 Å². The molecule has 5 heteroatoms. The van der Waals surface area contributed by atoms with Crippen molar-refractivity contribution in [3.63, 3.8) is 0 Å². The van der Waals surface area contributed by atoms with Crippen LogP contribution in [0.3, 0.4) is 0 Å². The fraction of sp³-hybridized carbons (Fsp3) is 0.200. The molecule has 0 saturated heterocycles. The van der Waals surface area contributed by atoms with Crippen LogP contribution < -0.4 is 9.47 Å². The predicted molar refractivity (Wildman–Crippen MR) is 71.0 cm³/mol. The lowest BCUT2D eigenvalue weighted by Gasteiger charge is -2.11. The summed E-state index contributed by atoms with van der Waals surface area (Å²) in [6.07, 6.45) is 0. The van der Waals surface area contributed by atoms with E-state index in [1.165, 1.54) is 6.07 Å². The Hall–Kier alpha value is -2.14. The molecule has 0 aliphatic carbocycles. The molecule has 106 valence electrons. The Morgan fingerprint density at radius 1 is 1.05 bits per heavy atom. The SMILES string of the molecule is COc1ccc(-c2ccc(CO)c(OC(F)F)c2)cc1. The minimum atomic E-state index is -2.92. The van der Waals surface area contributed by atoms with E-state index >= 15 is 0 Å². The highest BCUT2D eigenvalue weighted by atomic mass is 19.3. The van der Waals surface area contributed by atoms with Crippen molar-refractivity contribution in [2.24, 2.45) is 0 Å². The summed E-state index contributed by atoms with van der Waals surface area (Å²) >= 11 is 0. The molecule has 0 fully saturated rings. The Balaban J connectivity index is 2.35. The van der Waals surface area contributed by atoms with E-state index in [0.717, 1.165) is 11.1 Å². The van der Waals surface area contributed by atoms with Crippen LogP contribution in [0.15, 0.2) is 42.5 Å². The number of halogens is 2. The second-order valence-electron chi connectivity index (χ2n) is 4.09. The minimum Gasteiger partial charge on any atom is -0.497 e. The molecule has 2 aromatic carbocycles. The van der Waals surface area contributed by atoms with E-state index in [1.807, 2.05) is 12.1 Å². The average Bonchev–Trinajstić information content (AvgIpc) is 2.46. The zero-order chi connectivity index (χ0) is 14.5. The average molecular weight is 280 g/mol. The van der Waals surface area contributed by atoms with Crippen LogP contribution in [-0.2, 0) is 6.61 Å². The number of rotatable bonds is 5. The van der Waals surface area contributed by atoms with Crippen molar-refractivity contribution < 1.29 is 23.4 Å². The lowest BCUT2D eigenvalue weighted by Crippen LogP contribution is -2.04. The summed E-state index contributed by atoms with van der Waals surface area (Å²) in [5.41, 5.74) is 1.89. The molecule has 0 unspecified atom stereocenters. The first-order valence-corrected chi connectivity index (χ1v) is 5.97. The highest BCUT2D eigenvalue weighted by molar-refractivity contribution is 5.66. The van der Waals surface area contributed by atoms with Gasteiger partial charge in [0.2, 0.25) is 0 Å². The number of hydrogen-bond donors (Lipinski definition) is 1. The zero-order valence-electron chi connectivity index (χ0n) is 10.8. The largest absolute Gasteiger partial charge is 0.497 e. The van der Waals surface area contributed by atoms with Gasteiger partial charge in [0.1, 0.15) is 11.5 Å². The fourth-order valence-corrected chi connectivity index (χ4v) is 1.85. The van der Waals surface area contributed by atoms with E-state index < -0.39 is 6.61 Å². The summed E-state index contributed by atoms with van der Waals surface area (Å²) in [5, 5.41) is 9.12. The number of alkyl halides is 2. The fourth-order valence-electron chi connectivity index (χ4n) is 1.85. The zero-order valence-corrected chi connectivity index (χ0v) is 10.8. The minimum absolute atomic E-state index is 0.0178. The maximum Gasteiger partial charge on any atom is 0.387 e. The third-order valence-electron chi connectivity index (χ3n) is 2.88. The number of methoxy groups -OCH3 is 1. The second kappa shape index (κ2) is 6.34. The molecular formula is C15H14F2O3. The molecule has 0 saturated carbocycles. The predicted octanol–water partition coefficient (Wildman–Crippen LogP) is 3.46. The van der Waals surface area contributed by atoms with E-state index in [-0.39, 0.29) is 12.4 Å². The lowest BCUT2D eigenvalue weighted by molar-refractivity contribution is -0.0509. The second-order valence-corrected chi connectivity index (χ2v) is 4.09. The van der Waals surface area contributed by atoms with Crippen LogP contribution in [0, 0.1) is 0 Å². The van der Waals surface area contributed by atoms with Crippen LogP contribution in [0.2, 0.25) is 0 Å². The van der Waals surface area contributed by atoms with Crippen molar-refractivity contribution in [3.05, 3.63) is 48.0 Å². The molecule has 0 atom stereocenters. The molecule has 0 heterocycles. The van der Waals surface area contributed by atoms with Crippen LogP contribution in [0.5, 0.6) is 11.5 Å². The summed E-state index contributed by atoms with van der Waals surface area (Å²) in [5.74, 6) is 0.695. The maximum absolute atomic E-state index is 12.3. The first kappa shape index (κ1) is 14.3. The van der Waals surface area contributed by atoms with Crippen molar-refractivity contribution in [1.29, 1.82) is 0 Å². The third kappa shape index (κ3) is 3.24. The maximum atomic E-state index is 12.3. The Morgan fingerprint density at radius 3 is 2.25 bits per heavy atom. The first-order chi connectivity index (χ1) is 9.63. The molecule has 0 aliphatic rings. The first-order valence-electron chi connectivity index (χ1n) is 5.97. The molecule has 0 aromatic heterocycles. The molecule has 0 bridgehead atoms. The number of aliphatic hydroxyl groups is 1. The summed E-state index contributed by atoms with van der Waals surface area (Å²) < 4.78 is 34.2. The van der Waals surface area contributed by atoms with Crippen molar-refractivity contribution in [2.45, 2.75) is 13.2 Å². The van der Waals surface area contributed by atoms with Crippen LogP contribution in [0.4, 0.5) is 8.78 Å². The number of aliphatic hydroxyl groups excluding tert-OH is 1. The summed E-state index contributed by atoms with van der Waals surface area (Å²) in [4.78, 5) is 0. The van der Waals surface area contributed by atoms with Gasteiger partial charge in [0.25, 0.3) is 0 Å². The van der Waals surface area contributed by atoms with E-state index in [0.29, 0.717) is 11.3 Å². The van der Waals surface area contributed by atoms with Gasteiger partial charge in [0.05, 0.1) is 13.7 Å². The molecule has 20 heavy (non-hydrogen) atoms. The molecule has 2 rings (SSSR count). The van der Waals surface area contributed by atoms with E-state index in [4.69, 9.17) is 9.84 Å². The van der Waals surface area contributed by atoms with Gasteiger partial charge in [0, 0.05) is 5.56 Å². The standard InChI is InChI=1S/C15H14F2O3/c1-19-13-6-4-10(5-7-13)11-2-3-12(9-18)14(8-11)20-15(16)17/h2-8,15,18H,9H2,1H3. The monoisotopic (exact) mass is 280 g/mol. The van der Waals surface area contributed by atoms with E-state index in [2.05, 4.69) is 4.74 Å². The number of ether oxygens (including phenoxy) is 2. The summed E-state index contributed by atoms with van der Waals surface area (Å²) in [6, 6.07) is 12.0. The van der Waals surface area contributed by atoms with Gasteiger partial charge in [-0.25, -0.2) is 0 Å². The molecule has 0 amide bonds. The smallest absolute Gasteiger partial charge is 0.387 e. The quantitative estimate of drug-likeness (QED) is 0.911. The molecule has 2 aromatic rings. The van der Waals surface area contributed by atoms with Gasteiger partial charge in [-0.1, -0.05) is 24.3 Å². The van der Waals surface area contributed by atoms with Gasteiger partial charge in [0.15, 0.2) is 0 Å².